The van der Waals surface area contributed by atoms with E-state index in [1.807, 2.05) is 16.7 Å². The molecule has 0 atom stereocenters. The van der Waals surface area contributed by atoms with Gasteiger partial charge in [0.05, 0.1) is 22.4 Å². The normalized spacial score (nSPS) is 15.2. The van der Waals surface area contributed by atoms with E-state index >= 15 is 0 Å². The number of aromatic nitrogens is 5. The molecule has 3 aromatic rings. The van der Waals surface area contributed by atoms with E-state index in [9.17, 15) is 0 Å². The maximum absolute atomic E-state index is 6.35. The fourth-order valence-electron chi connectivity index (χ4n) is 2.17. The largest absolute Gasteiger partial charge is 0.268 e. The fourth-order valence-corrected chi connectivity index (χ4v) is 3.17. The second-order valence-corrected chi connectivity index (χ2v) is 5.85. The summed E-state index contributed by atoms with van der Waals surface area (Å²) in [6, 6.07) is 3.69. The van der Waals surface area contributed by atoms with Crippen LogP contribution in [0.3, 0.4) is 0 Å². The smallest absolute Gasteiger partial charge is 0.200 e. The summed E-state index contributed by atoms with van der Waals surface area (Å²) in [6.45, 7) is 0. The molecule has 0 saturated heterocycles. The molecule has 8 heteroatoms. The summed E-state index contributed by atoms with van der Waals surface area (Å²) in [7, 11) is 0. The molecule has 1 N–H and O–H groups in total. The molecule has 1 saturated carbocycles. The van der Waals surface area contributed by atoms with Gasteiger partial charge in [0.2, 0.25) is 0 Å². The molecule has 4 rings (SSSR count). The maximum atomic E-state index is 6.35. The minimum atomic E-state index is 0.464. The molecule has 1 aromatic carbocycles. The highest BCUT2D eigenvalue weighted by Gasteiger charge is 2.30. The first-order valence-electron chi connectivity index (χ1n) is 5.84. The number of fused-ring (bicyclic) bond motifs is 1. The Labute approximate surface area is 122 Å². The van der Waals surface area contributed by atoms with Crippen LogP contribution in [0.2, 0.25) is 5.02 Å². The number of nitrogens with one attached hydrogen (secondary N) is 1. The van der Waals surface area contributed by atoms with E-state index in [4.69, 9.17) is 23.8 Å². The molecular formula is C11H8ClN5S2. The number of hydrogen-bond donors (Lipinski definition) is 1. The van der Waals surface area contributed by atoms with Crippen LogP contribution in [-0.4, -0.2) is 23.5 Å². The average molecular weight is 310 g/mol. The van der Waals surface area contributed by atoms with Crippen molar-refractivity contribution in [3.63, 3.8) is 0 Å². The molecule has 0 bridgehead atoms. The van der Waals surface area contributed by atoms with E-state index in [0.29, 0.717) is 15.7 Å². The highest BCUT2D eigenvalue weighted by molar-refractivity contribution is 7.71. The van der Waals surface area contributed by atoms with Crippen LogP contribution in [0.5, 0.6) is 0 Å². The van der Waals surface area contributed by atoms with Crippen molar-refractivity contribution in [2.24, 2.45) is 0 Å². The van der Waals surface area contributed by atoms with Crippen molar-refractivity contribution in [3.8, 4) is 5.69 Å². The van der Waals surface area contributed by atoms with Gasteiger partial charge in [0.15, 0.2) is 4.77 Å². The lowest BCUT2D eigenvalue weighted by atomic mass is 10.2. The predicted molar refractivity (Wildman–Crippen MR) is 76.7 cm³/mol. The van der Waals surface area contributed by atoms with Gasteiger partial charge in [-0.2, -0.15) is 13.8 Å². The van der Waals surface area contributed by atoms with E-state index < -0.39 is 0 Å². The average Bonchev–Trinajstić information content (AvgIpc) is 3.01. The van der Waals surface area contributed by atoms with Crippen LogP contribution in [0.15, 0.2) is 12.1 Å². The summed E-state index contributed by atoms with van der Waals surface area (Å²) >= 11 is 12.9. The summed E-state index contributed by atoms with van der Waals surface area (Å²) in [5.41, 5.74) is 2.39. The first-order chi connectivity index (χ1) is 9.25. The van der Waals surface area contributed by atoms with E-state index in [1.165, 1.54) is 11.7 Å². The molecule has 0 radical (unpaired) electrons. The van der Waals surface area contributed by atoms with Gasteiger partial charge < -0.3 is 0 Å². The zero-order valence-electron chi connectivity index (χ0n) is 9.63. The summed E-state index contributed by atoms with van der Waals surface area (Å²) in [4.78, 5) is 0. The van der Waals surface area contributed by atoms with Crippen molar-refractivity contribution in [1.29, 1.82) is 0 Å². The Morgan fingerprint density at radius 2 is 2.21 bits per heavy atom. The molecule has 2 heterocycles. The predicted octanol–water partition coefficient (Wildman–Crippen LogP) is 3.47. The Hall–Kier alpha value is -1.31. The standard InChI is InChI=1S/C11H8ClN5S2/c12-6-3-4-7-8(16-19-15-7)9(6)17-10(5-1-2-5)13-14-11(17)18/h3-5H,1-2H2,(H,14,18). The van der Waals surface area contributed by atoms with Gasteiger partial charge in [-0.25, -0.2) is 0 Å². The Morgan fingerprint density at radius 3 is 3.00 bits per heavy atom. The van der Waals surface area contributed by atoms with Crippen molar-refractivity contribution >= 4 is 46.6 Å². The SMILES string of the molecule is S=c1[nH]nc(C2CC2)n1-c1c(Cl)ccc2nsnc12. The van der Waals surface area contributed by atoms with Crippen LogP contribution in [0.25, 0.3) is 16.7 Å². The molecule has 5 nitrogen and oxygen atoms in total. The van der Waals surface area contributed by atoms with Crippen LogP contribution in [0, 0.1) is 4.77 Å². The number of nitrogens with zero attached hydrogens (tertiary/aromatic N) is 4. The Balaban J connectivity index is 2.09. The van der Waals surface area contributed by atoms with Gasteiger partial charge >= 0.3 is 0 Å². The molecule has 96 valence electrons. The molecule has 0 spiro atoms. The topological polar surface area (TPSA) is 59.4 Å². The molecular weight excluding hydrogens is 302 g/mol. The van der Waals surface area contributed by atoms with Gasteiger partial charge in [-0.05, 0) is 37.2 Å². The van der Waals surface area contributed by atoms with E-state index in [1.54, 1.807) is 0 Å². The maximum Gasteiger partial charge on any atom is 0.200 e. The van der Waals surface area contributed by atoms with Gasteiger partial charge in [0, 0.05) is 5.92 Å². The van der Waals surface area contributed by atoms with Gasteiger partial charge in [-0.1, -0.05) is 11.6 Å². The van der Waals surface area contributed by atoms with Crippen molar-refractivity contribution in [2.45, 2.75) is 18.8 Å². The van der Waals surface area contributed by atoms with Crippen LogP contribution in [-0.2, 0) is 0 Å². The molecule has 0 amide bonds. The van der Waals surface area contributed by atoms with E-state index in [0.717, 1.165) is 35.4 Å². The number of hydrogen-bond acceptors (Lipinski definition) is 5. The van der Waals surface area contributed by atoms with Crippen LogP contribution < -0.4 is 0 Å². The molecule has 1 aliphatic carbocycles. The second kappa shape index (κ2) is 4.09. The fraction of sp³-hybridized carbons (Fsp3) is 0.273. The molecule has 0 unspecified atom stereocenters. The zero-order valence-corrected chi connectivity index (χ0v) is 12.0. The highest BCUT2D eigenvalue weighted by Crippen LogP contribution is 2.41. The minimum absolute atomic E-state index is 0.464. The monoisotopic (exact) mass is 309 g/mol. The van der Waals surface area contributed by atoms with Gasteiger partial charge in [-0.3, -0.25) is 9.67 Å². The van der Waals surface area contributed by atoms with Crippen molar-refractivity contribution < 1.29 is 0 Å². The summed E-state index contributed by atoms with van der Waals surface area (Å²) in [5.74, 6) is 1.40. The van der Waals surface area contributed by atoms with Crippen LogP contribution in [0.4, 0.5) is 0 Å². The van der Waals surface area contributed by atoms with Crippen molar-refractivity contribution in [1.82, 2.24) is 23.5 Å². The van der Waals surface area contributed by atoms with Crippen molar-refractivity contribution in [3.05, 3.63) is 27.8 Å². The van der Waals surface area contributed by atoms with Gasteiger partial charge in [-0.15, -0.1) is 0 Å². The third-order valence-electron chi connectivity index (χ3n) is 3.22. The summed E-state index contributed by atoms with van der Waals surface area (Å²) in [6.07, 6.45) is 2.28. The van der Waals surface area contributed by atoms with E-state index in [2.05, 4.69) is 18.9 Å². The number of benzene rings is 1. The molecule has 0 aliphatic heterocycles. The summed E-state index contributed by atoms with van der Waals surface area (Å²) < 4.78 is 11.0. The molecule has 19 heavy (non-hydrogen) atoms. The molecule has 1 fully saturated rings. The molecule has 2 aromatic heterocycles. The summed E-state index contributed by atoms with van der Waals surface area (Å²) in [5, 5.41) is 7.79. The van der Waals surface area contributed by atoms with Gasteiger partial charge in [0.1, 0.15) is 16.9 Å². The van der Waals surface area contributed by atoms with Gasteiger partial charge in [0.25, 0.3) is 0 Å². The number of H-pyrrole nitrogens is 1. The first-order valence-corrected chi connectivity index (χ1v) is 7.36. The minimum Gasteiger partial charge on any atom is -0.268 e. The number of halogens is 1. The van der Waals surface area contributed by atoms with Crippen LogP contribution in [0.1, 0.15) is 24.6 Å². The third kappa shape index (κ3) is 1.73. The Morgan fingerprint density at radius 1 is 1.37 bits per heavy atom. The highest BCUT2D eigenvalue weighted by atomic mass is 35.5. The second-order valence-electron chi connectivity index (χ2n) is 4.52. The zero-order chi connectivity index (χ0) is 13.0. The Kier molecular flexibility index (Phi) is 2.48. The lowest BCUT2D eigenvalue weighted by molar-refractivity contribution is 0.872. The van der Waals surface area contributed by atoms with E-state index in [-0.39, 0.29) is 0 Å². The number of rotatable bonds is 2. The van der Waals surface area contributed by atoms with Crippen LogP contribution >= 0.6 is 35.5 Å². The Bertz CT molecular complexity index is 829. The molecule has 1 aliphatic rings. The third-order valence-corrected chi connectivity index (χ3v) is 4.34. The lowest BCUT2D eigenvalue weighted by Gasteiger charge is -2.08. The lowest BCUT2D eigenvalue weighted by Crippen LogP contribution is -2.02. The quantitative estimate of drug-likeness (QED) is 0.736. The number of aromatic amines is 1. The van der Waals surface area contributed by atoms with Crippen molar-refractivity contribution in [2.75, 3.05) is 0 Å². The first kappa shape index (κ1) is 11.5.